The second-order valence-electron chi connectivity index (χ2n) is 6.83. The van der Waals surface area contributed by atoms with Gasteiger partial charge in [-0.3, -0.25) is 4.79 Å². The summed E-state index contributed by atoms with van der Waals surface area (Å²) in [5.74, 6) is 0.413. The zero-order valence-corrected chi connectivity index (χ0v) is 13.4. The highest BCUT2D eigenvalue weighted by Crippen LogP contribution is 2.37. The maximum Gasteiger partial charge on any atom is 0.226 e. The Hall–Kier alpha value is -1.55. The van der Waals surface area contributed by atoms with Crippen molar-refractivity contribution in [3.05, 3.63) is 29.8 Å². The minimum atomic E-state index is 0.184. The van der Waals surface area contributed by atoms with Crippen molar-refractivity contribution in [1.29, 1.82) is 0 Å². The van der Waals surface area contributed by atoms with Crippen molar-refractivity contribution in [1.82, 2.24) is 9.80 Å². The molecule has 1 N–H and O–H groups in total. The smallest absolute Gasteiger partial charge is 0.226 e. The zero-order chi connectivity index (χ0) is 15.6. The highest BCUT2D eigenvalue weighted by molar-refractivity contribution is 5.78. The fourth-order valence-electron chi connectivity index (χ4n) is 4.09. The van der Waals surface area contributed by atoms with E-state index in [0.717, 1.165) is 31.5 Å². The van der Waals surface area contributed by atoms with Crippen molar-refractivity contribution < 1.29 is 9.90 Å². The van der Waals surface area contributed by atoms with Gasteiger partial charge in [0.15, 0.2) is 0 Å². The van der Waals surface area contributed by atoms with E-state index in [1.807, 2.05) is 11.0 Å². The molecule has 4 heteroatoms. The van der Waals surface area contributed by atoms with Gasteiger partial charge in [-0.15, -0.1) is 0 Å². The molecule has 2 aliphatic heterocycles. The van der Waals surface area contributed by atoms with Gasteiger partial charge in [0.1, 0.15) is 5.75 Å². The molecule has 1 amide bonds. The first-order chi connectivity index (χ1) is 10.6. The van der Waals surface area contributed by atoms with Crippen molar-refractivity contribution in [3.63, 3.8) is 0 Å². The lowest BCUT2D eigenvalue weighted by atomic mass is 9.88. The topological polar surface area (TPSA) is 43.8 Å². The third-order valence-electron chi connectivity index (χ3n) is 5.48. The van der Waals surface area contributed by atoms with E-state index < -0.39 is 0 Å². The lowest BCUT2D eigenvalue weighted by Crippen LogP contribution is -2.42. The molecule has 1 aromatic carbocycles. The second kappa shape index (κ2) is 6.29. The molecule has 2 saturated heterocycles. The summed E-state index contributed by atoms with van der Waals surface area (Å²) in [6.45, 7) is 2.92. The molecule has 4 nitrogen and oxygen atoms in total. The molecule has 0 aliphatic carbocycles. The van der Waals surface area contributed by atoms with Gasteiger partial charge in [-0.2, -0.15) is 0 Å². The van der Waals surface area contributed by atoms with Gasteiger partial charge in [0.25, 0.3) is 0 Å². The number of likely N-dealkylation sites (tertiary alicyclic amines) is 2. The Morgan fingerprint density at radius 3 is 2.64 bits per heavy atom. The average Bonchev–Trinajstić information content (AvgIpc) is 2.71. The molecule has 1 atom stereocenters. The van der Waals surface area contributed by atoms with Gasteiger partial charge in [0.05, 0.1) is 6.42 Å². The highest BCUT2D eigenvalue weighted by atomic mass is 16.3. The van der Waals surface area contributed by atoms with Crippen LogP contribution in [0.4, 0.5) is 0 Å². The number of phenols is 1. The molecule has 3 rings (SSSR count). The molecule has 1 spiro atoms. The molecule has 0 saturated carbocycles. The quantitative estimate of drug-likeness (QED) is 0.912. The van der Waals surface area contributed by atoms with Crippen molar-refractivity contribution in [3.8, 4) is 5.75 Å². The molecule has 0 radical (unpaired) electrons. The van der Waals surface area contributed by atoms with E-state index in [2.05, 4.69) is 11.9 Å². The van der Waals surface area contributed by atoms with E-state index in [9.17, 15) is 9.90 Å². The van der Waals surface area contributed by atoms with Crippen molar-refractivity contribution in [2.24, 2.45) is 0 Å². The lowest BCUT2D eigenvalue weighted by Gasteiger charge is -2.35. The minimum absolute atomic E-state index is 0.184. The SMILES string of the molecule is CN1CCC[C@]12CCCN(C(=O)Cc1cccc(O)c1)CC2. The fourth-order valence-corrected chi connectivity index (χ4v) is 4.09. The standard InChI is InChI=1S/C18H26N2O2/c1-19-10-3-7-18(19)8-4-11-20(12-9-18)17(22)14-15-5-2-6-16(21)13-15/h2,5-6,13,21H,3-4,7-12,14H2,1H3/t18-/m1/s1. The van der Waals surface area contributed by atoms with Crippen LogP contribution in [-0.4, -0.2) is 53.0 Å². The van der Waals surface area contributed by atoms with Gasteiger partial charge >= 0.3 is 0 Å². The van der Waals surface area contributed by atoms with Gasteiger partial charge in [-0.05, 0) is 63.4 Å². The van der Waals surface area contributed by atoms with E-state index in [1.165, 1.54) is 25.8 Å². The molecule has 2 fully saturated rings. The third kappa shape index (κ3) is 3.12. The van der Waals surface area contributed by atoms with E-state index in [1.54, 1.807) is 18.2 Å². The first-order valence-electron chi connectivity index (χ1n) is 8.36. The van der Waals surface area contributed by atoms with Crippen LogP contribution in [0.15, 0.2) is 24.3 Å². The Morgan fingerprint density at radius 1 is 1.18 bits per heavy atom. The van der Waals surface area contributed by atoms with Gasteiger partial charge in [0, 0.05) is 18.6 Å². The maximum atomic E-state index is 12.5. The van der Waals surface area contributed by atoms with Gasteiger partial charge in [0.2, 0.25) is 5.91 Å². The Labute approximate surface area is 132 Å². The predicted molar refractivity (Wildman–Crippen MR) is 86.8 cm³/mol. The summed E-state index contributed by atoms with van der Waals surface area (Å²) >= 11 is 0. The zero-order valence-electron chi connectivity index (χ0n) is 13.4. The van der Waals surface area contributed by atoms with E-state index in [0.29, 0.717) is 12.0 Å². The summed E-state index contributed by atoms with van der Waals surface area (Å²) in [7, 11) is 2.23. The van der Waals surface area contributed by atoms with Crippen LogP contribution >= 0.6 is 0 Å². The second-order valence-corrected chi connectivity index (χ2v) is 6.83. The summed E-state index contributed by atoms with van der Waals surface area (Å²) in [6.07, 6.45) is 6.34. The number of amides is 1. The molecule has 120 valence electrons. The minimum Gasteiger partial charge on any atom is -0.508 e. The Bertz CT molecular complexity index is 546. The van der Waals surface area contributed by atoms with Crippen LogP contribution < -0.4 is 0 Å². The average molecular weight is 302 g/mol. The molecule has 22 heavy (non-hydrogen) atoms. The van der Waals surface area contributed by atoms with E-state index >= 15 is 0 Å². The monoisotopic (exact) mass is 302 g/mol. The van der Waals surface area contributed by atoms with Crippen LogP contribution in [0.5, 0.6) is 5.75 Å². The van der Waals surface area contributed by atoms with Crippen LogP contribution in [0, 0.1) is 0 Å². The fraction of sp³-hybridized carbons (Fsp3) is 0.611. The number of phenolic OH excluding ortho intramolecular Hbond substituents is 1. The van der Waals surface area contributed by atoms with Crippen LogP contribution in [0.2, 0.25) is 0 Å². The Balaban J connectivity index is 1.62. The predicted octanol–water partition coefficient (Wildman–Crippen LogP) is 2.41. The molecular weight excluding hydrogens is 276 g/mol. The van der Waals surface area contributed by atoms with Gasteiger partial charge < -0.3 is 14.9 Å². The summed E-state index contributed by atoms with van der Waals surface area (Å²) in [4.78, 5) is 17.1. The number of hydrogen-bond donors (Lipinski definition) is 1. The number of aromatic hydroxyl groups is 1. The number of rotatable bonds is 2. The van der Waals surface area contributed by atoms with Crippen LogP contribution in [0.3, 0.4) is 0 Å². The molecule has 0 bridgehead atoms. The molecule has 2 heterocycles. The van der Waals surface area contributed by atoms with E-state index in [-0.39, 0.29) is 11.7 Å². The normalized spacial score (nSPS) is 26.3. The number of benzene rings is 1. The molecule has 0 aromatic heterocycles. The van der Waals surface area contributed by atoms with Crippen molar-refractivity contribution >= 4 is 5.91 Å². The van der Waals surface area contributed by atoms with Crippen molar-refractivity contribution in [2.75, 3.05) is 26.7 Å². The summed E-state index contributed by atoms with van der Waals surface area (Å²) in [6, 6.07) is 7.02. The van der Waals surface area contributed by atoms with Crippen molar-refractivity contribution in [2.45, 2.75) is 44.1 Å². The third-order valence-corrected chi connectivity index (χ3v) is 5.48. The Morgan fingerprint density at radius 2 is 1.95 bits per heavy atom. The highest BCUT2D eigenvalue weighted by Gasteiger charge is 2.39. The molecule has 2 aliphatic rings. The van der Waals surface area contributed by atoms with Crippen LogP contribution in [0.25, 0.3) is 0 Å². The number of carbonyl (C=O) groups is 1. The maximum absolute atomic E-state index is 12.5. The number of nitrogens with zero attached hydrogens (tertiary/aromatic N) is 2. The largest absolute Gasteiger partial charge is 0.508 e. The number of hydrogen-bond acceptors (Lipinski definition) is 3. The molecular formula is C18H26N2O2. The summed E-state index contributed by atoms with van der Waals surface area (Å²) in [5.41, 5.74) is 1.22. The van der Waals surface area contributed by atoms with Crippen LogP contribution in [-0.2, 0) is 11.2 Å². The van der Waals surface area contributed by atoms with Gasteiger partial charge in [-0.25, -0.2) is 0 Å². The first-order valence-corrected chi connectivity index (χ1v) is 8.36. The molecule has 0 unspecified atom stereocenters. The van der Waals surface area contributed by atoms with Gasteiger partial charge in [-0.1, -0.05) is 12.1 Å². The first kappa shape index (κ1) is 15.3. The lowest BCUT2D eigenvalue weighted by molar-refractivity contribution is -0.130. The van der Waals surface area contributed by atoms with E-state index in [4.69, 9.17) is 0 Å². The summed E-state index contributed by atoms with van der Waals surface area (Å²) < 4.78 is 0. The summed E-state index contributed by atoms with van der Waals surface area (Å²) in [5, 5.41) is 9.52. The Kier molecular flexibility index (Phi) is 4.39. The molecule has 1 aromatic rings. The number of carbonyl (C=O) groups excluding carboxylic acids is 1. The van der Waals surface area contributed by atoms with Crippen LogP contribution in [0.1, 0.15) is 37.7 Å².